The molecule has 0 atom stereocenters. The third-order valence-electron chi connectivity index (χ3n) is 2.94. The molecule has 1 fully saturated rings. The molecule has 0 bridgehead atoms. The Morgan fingerprint density at radius 3 is 2.74 bits per heavy atom. The van der Waals surface area contributed by atoms with E-state index in [-0.39, 0.29) is 29.1 Å². The zero-order valence-corrected chi connectivity index (χ0v) is 11.0. The molecule has 1 amide bonds. The quantitative estimate of drug-likeness (QED) is 0.854. The summed E-state index contributed by atoms with van der Waals surface area (Å²) in [5, 5.41) is -0.0477. The topological polar surface area (TPSA) is 46.6 Å². The third kappa shape index (κ3) is 3.44. The van der Waals surface area contributed by atoms with E-state index < -0.39 is 5.82 Å². The highest BCUT2D eigenvalue weighted by Gasteiger charge is 2.21. The number of halogens is 2. The molecule has 0 N–H and O–H groups in total. The molecule has 2 rings (SSSR count). The Morgan fingerprint density at radius 1 is 1.37 bits per heavy atom. The van der Waals surface area contributed by atoms with Gasteiger partial charge in [-0.25, -0.2) is 4.39 Å². The lowest BCUT2D eigenvalue weighted by Crippen LogP contribution is -2.41. The molecule has 1 aliphatic rings. The Labute approximate surface area is 115 Å². The molecule has 4 nitrogen and oxygen atoms in total. The third-order valence-corrected chi connectivity index (χ3v) is 3.23. The number of Topliss-reactive ketones (excluding diaryl/α,β-unsaturated/α-hetero) is 1. The first-order valence-corrected chi connectivity index (χ1v) is 6.32. The van der Waals surface area contributed by atoms with Gasteiger partial charge >= 0.3 is 0 Å². The maximum atomic E-state index is 13.5. The van der Waals surface area contributed by atoms with Crippen LogP contribution in [0.1, 0.15) is 12.8 Å². The predicted octanol–water partition coefficient (Wildman–Crippen LogP) is 2.05. The minimum absolute atomic E-state index is 0.0473. The zero-order chi connectivity index (χ0) is 13.8. The molecule has 1 aromatic carbocycles. The molecular formula is C13H13ClFNO3. The smallest absolute Gasteiger partial charge is 0.260 e. The second-order valence-electron chi connectivity index (χ2n) is 4.26. The Kier molecular flexibility index (Phi) is 4.37. The Bertz CT molecular complexity index is 497. The fourth-order valence-electron chi connectivity index (χ4n) is 1.83. The van der Waals surface area contributed by atoms with Crippen LogP contribution in [0.15, 0.2) is 18.2 Å². The van der Waals surface area contributed by atoms with Crippen molar-refractivity contribution < 1.29 is 18.7 Å². The van der Waals surface area contributed by atoms with Crippen LogP contribution in [0.5, 0.6) is 5.75 Å². The summed E-state index contributed by atoms with van der Waals surface area (Å²) in [4.78, 5) is 24.4. The number of benzene rings is 1. The number of nitrogens with zero attached hydrogens (tertiary/aromatic N) is 1. The van der Waals surface area contributed by atoms with E-state index in [1.165, 1.54) is 12.1 Å². The van der Waals surface area contributed by atoms with Crippen LogP contribution < -0.4 is 4.74 Å². The Balaban J connectivity index is 1.90. The SMILES string of the molecule is O=C1CCN(C(=O)COc2cccc(Cl)c2F)CC1. The number of carbonyl (C=O) groups is 2. The monoisotopic (exact) mass is 285 g/mol. The summed E-state index contributed by atoms with van der Waals surface area (Å²) in [6, 6.07) is 4.36. The molecule has 1 heterocycles. The molecule has 1 aliphatic heterocycles. The van der Waals surface area contributed by atoms with Gasteiger partial charge in [0.2, 0.25) is 0 Å². The van der Waals surface area contributed by atoms with Crippen molar-refractivity contribution in [2.24, 2.45) is 0 Å². The van der Waals surface area contributed by atoms with Crippen molar-refractivity contribution in [3.8, 4) is 5.75 Å². The molecule has 19 heavy (non-hydrogen) atoms. The number of hydrogen-bond acceptors (Lipinski definition) is 3. The fraction of sp³-hybridized carbons (Fsp3) is 0.385. The normalized spacial score (nSPS) is 15.5. The highest BCUT2D eigenvalue weighted by Crippen LogP contribution is 2.24. The van der Waals surface area contributed by atoms with E-state index in [1.807, 2.05) is 0 Å². The van der Waals surface area contributed by atoms with E-state index in [2.05, 4.69) is 0 Å². The second kappa shape index (κ2) is 6.02. The number of amides is 1. The van der Waals surface area contributed by atoms with E-state index in [0.29, 0.717) is 25.9 Å². The molecule has 1 aromatic rings. The van der Waals surface area contributed by atoms with Crippen LogP contribution in [-0.2, 0) is 9.59 Å². The predicted molar refractivity (Wildman–Crippen MR) is 67.7 cm³/mol. The van der Waals surface area contributed by atoms with Gasteiger partial charge in [0.15, 0.2) is 18.2 Å². The lowest BCUT2D eigenvalue weighted by Gasteiger charge is -2.25. The molecular weight excluding hydrogens is 273 g/mol. The van der Waals surface area contributed by atoms with Crippen LogP contribution in [0.4, 0.5) is 4.39 Å². The lowest BCUT2D eigenvalue weighted by molar-refractivity contribution is -0.136. The van der Waals surface area contributed by atoms with Gasteiger partial charge in [-0.15, -0.1) is 0 Å². The van der Waals surface area contributed by atoms with Crippen LogP contribution in [0.2, 0.25) is 5.02 Å². The van der Waals surface area contributed by atoms with Gasteiger partial charge in [-0.1, -0.05) is 17.7 Å². The van der Waals surface area contributed by atoms with Crippen molar-refractivity contribution in [1.82, 2.24) is 4.90 Å². The van der Waals surface area contributed by atoms with Crippen molar-refractivity contribution in [3.05, 3.63) is 29.0 Å². The number of likely N-dealkylation sites (tertiary alicyclic amines) is 1. The molecule has 102 valence electrons. The van der Waals surface area contributed by atoms with Crippen molar-refractivity contribution >= 4 is 23.3 Å². The van der Waals surface area contributed by atoms with Gasteiger partial charge in [0.05, 0.1) is 5.02 Å². The number of piperidine rings is 1. The Morgan fingerprint density at radius 2 is 2.05 bits per heavy atom. The molecule has 0 unspecified atom stereocenters. The lowest BCUT2D eigenvalue weighted by atomic mass is 10.1. The summed E-state index contributed by atoms with van der Waals surface area (Å²) in [5.41, 5.74) is 0. The maximum absolute atomic E-state index is 13.5. The molecule has 0 saturated carbocycles. The molecule has 0 radical (unpaired) electrons. The molecule has 6 heteroatoms. The van der Waals surface area contributed by atoms with Crippen molar-refractivity contribution in [2.45, 2.75) is 12.8 Å². The highest BCUT2D eigenvalue weighted by atomic mass is 35.5. The van der Waals surface area contributed by atoms with Gasteiger partial charge in [-0.05, 0) is 12.1 Å². The van der Waals surface area contributed by atoms with E-state index >= 15 is 0 Å². The number of ketones is 1. The maximum Gasteiger partial charge on any atom is 0.260 e. The van der Waals surface area contributed by atoms with Crippen molar-refractivity contribution in [3.63, 3.8) is 0 Å². The van der Waals surface area contributed by atoms with Gasteiger partial charge in [-0.3, -0.25) is 9.59 Å². The summed E-state index contributed by atoms with van der Waals surface area (Å²) >= 11 is 5.61. The highest BCUT2D eigenvalue weighted by molar-refractivity contribution is 6.30. The van der Waals surface area contributed by atoms with Crippen LogP contribution in [0.3, 0.4) is 0 Å². The Hall–Kier alpha value is -1.62. The van der Waals surface area contributed by atoms with Crippen LogP contribution in [0.25, 0.3) is 0 Å². The number of carbonyl (C=O) groups excluding carboxylic acids is 2. The van der Waals surface area contributed by atoms with Gasteiger partial charge in [0.25, 0.3) is 5.91 Å². The van der Waals surface area contributed by atoms with E-state index in [4.69, 9.17) is 16.3 Å². The zero-order valence-electron chi connectivity index (χ0n) is 10.2. The van der Waals surface area contributed by atoms with E-state index in [0.717, 1.165) is 0 Å². The molecule has 1 saturated heterocycles. The largest absolute Gasteiger partial charge is 0.481 e. The number of ether oxygens (including phenoxy) is 1. The number of hydrogen-bond donors (Lipinski definition) is 0. The first-order valence-electron chi connectivity index (χ1n) is 5.94. The summed E-state index contributed by atoms with van der Waals surface area (Å²) in [6.07, 6.45) is 0.745. The van der Waals surface area contributed by atoms with Gasteiger partial charge in [0, 0.05) is 25.9 Å². The average molecular weight is 286 g/mol. The molecule has 0 spiro atoms. The summed E-state index contributed by atoms with van der Waals surface area (Å²) < 4.78 is 18.6. The fourth-order valence-corrected chi connectivity index (χ4v) is 2.00. The summed E-state index contributed by atoms with van der Waals surface area (Å²) in [6.45, 7) is 0.545. The first kappa shape index (κ1) is 13.8. The number of rotatable bonds is 3. The van der Waals surface area contributed by atoms with Gasteiger partial charge in [0.1, 0.15) is 5.78 Å². The van der Waals surface area contributed by atoms with Crippen molar-refractivity contribution in [1.29, 1.82) is 0 Å². The summed E-state index contributed by atoms with van der Waals surface area (Å²) in [7, 11) is 0. The van der Waals surface area contributed by atoms with Gasteiger partial charge < -0.3 is 9.64 Å². The van der Waals surface area contributed by atoms with Gasteiger partial charge in [-0.2, -0.15) is 0 Å². The van der Waals surface area contributed by atoms with E-state index in [1.54, 1.807) is 11.0 Å². The minimum Gasteiger partial charge on any atom is -0.481 e. The molecule has 0 aromatic heterocycles. The van der Waals surface area contributed by atoms with Crippen molar-refractivity contribution in [2.75, 3.05) is 19.7 Å². The standard InChI is InChI=1S/C13H13ClFNO3/c14-10-2-1-3-11(13(10)15)19-8-12(18)16-6-4-9(17)5-7-16/h1-3H,4-8H2. The van der Waals surface area contributed by atoms with Crippen LogP contribution >= 0.6 is 11.6 Å². The minimum atomic E-state index is -0.675. The summed E-state index contributed by atoms with van der Waals surface area (Å²) in [5.74, 6) is -0.822. The first-order chi connectivity index (χ1) is 9.08. The van der Waals surface area contributed by atoms with E-state index in [9.17, 15) is 14.0 Å². The second-order valence-corrected chi connectivity index (χ2v) is 4.67. The van der Waals surface area contributed by atoms with Crippen LogP contribution in [0, 0.1) is 5.82 Å². The average Bonchev–Trinajstić information content (AvgIpc) is 2.41. The van der Waals surface area contributed by atoms with Crippen LogP contribution in [-0.4, -0.2) is 36.3 Å². The molecule has 0 aliphatic carbocycles.